The van der Waals surface area contributed by atoms with Crippen molar-refractivity contribution < 1.29 is 13.9 Å². The zero-order valence-electron chi connectivity index (χ0n) is 23.3. The number of aryl methyl sites for hydroxylation is 1. The van der Waals surface area contributed by atoms with Crippen LogP contribution in [0.1, 0.15) is 23.5 Å². The Hall–Kier alpha value is -3.99. The van der Waals surface area contributed by atoms with Crippen molar-refractivity contribution in [2.24, 2.45) is 12.8 Å². The van der Waals surface area contributed by atoms with Gasteiger partial charge in [-0.3, -0.25) is 10.1 Å². The van der Waals surface area contributed by atoms with E-state index in [4.69, 9.17) is 22.1 Å². The molecule has 1 atom stereocenters. The summed E-state index contributed by atoms with van der Waals surface area (Å²) in [6.07, 6.45) is 2.81. The fraction of sp³-hybridized carbons (Fsp3) is 0.300. The van der Waals surface area contributed by atoms with Crippen LogP contribution in [0.3, 0.4) is 0 Å². The lowest BCUT2D eigenvalue weighted by Crippen LogP contribution is -2.24. The zero-order valence-corrected chi connectivity index (χ0v) is 24.1. The van der Waals surface area contributed by atoms with Gasteiger partial charge in [0.1, 0.15) is 11.6 Å². The van der Waals surface area contributed by atoms with Gasteiger partial charge in [-0.1, -0.05) is 35.9 Å². The molecule has 9 nitrogen and oxygen atoms in total. The lowest BCUT2D eigenvalue weighted by Gasteiger charge is -2.15. The van der Waals surface area contributed by atoms with Gasteiger partial charge in [-0.15, -0.1) is 0 Å². The molecule has 1 saturated heterocycles. The number of nitrogens with two attached hydrogens (primary N) is 1. The molecule has 2 aromatic carbocycles. The summed E-state index contributed by atoms with van der Waals surface area (Å²) in [5, 5.41) is 7.45. The van der Waals surface area contributed by atoms with E-state index >= 15 is 0 Å². The molecule has 2 aromatic heterocycles. The van der Waals surface area contributed by atoms with Crippen molar-refractivity contribution in [3.8, 4) is 16.9 Å². The number of urea groups is 1. The highest BCUT2D eigenvalue weighted by Crippen LogP contribution is 2.31. The molecule has 0 aliphatic carbocycles. The molecule has 0 radical (unpaired) electrons. The monoisotopic (exact) mass is 580 g/mol. The molecule has 0 spiro atoms. The third-order valence-corrected chi connectivity index (χ3v) is 7.31. The second kappa shape index (κ2) is 13.6. The van der Waals surface area contributed by atoms with Gasteiger partial charge in [-0.2, -0.15) is 5.10 Å². The van der Waals surface area contributed by atoms with E-state index in [9.17, 15) is 14.0 Å². The number of halogens is 2. The molecule has 1 aliphatic rings. The highest BCUT2D eigenvalue weighted by atomic mass is 35.5. The number of carbonyl (C=O) groups excluding carboxylic acids is 1. The van der Waals surface area contributed by atoms with Gasteiger partial charge in [0.2, 0.25) is 5.56 Å². The smallest absolute Gasteiger partial charge is 0.317 e. The number of nitrogens with one attached hydrogen (secondary N) is 1. The quantitative estimate of drug-likeness (QED) is 0.322. The van der Waals surface area contributed by atoms with Crippen LogP contribution in [0.4, 0.5) is 15.0 Å². The highest BCUT2D eigenvalue weighted by molar-refractivity contribution is 6.30. The summed E-state index contributed by atoms with van der Waals surface area (Å²) in [7, 11) is 3.39. The van der Waals surface area contributed by atoms with E-state index in [-0.39, 0.29) is 16.4 Å². The van der Waals surface area contributed by atoms with Crippen molar-refractivity contribution in [1.29, 1.82) is 0 Å². The Bertz CT molecular complexity index is 1560. The van der Waals surface area contributed by atoms with E-state index in [1.165, 1.54) is 16.7 Å². The van der Waals surface area contributed by atoms with Crippen LogP contribution >= 0.6 is 11.6 Å². The van der Waals surface area contributed by atoms with Crippen LogP contribution in [0.5, 0.6) is 0 Å². The minimum Gasteiger partial charge on any atom is -0.383 e. The van der Waals surface area contributed by atoms with Gasteiger partial charge in [-0.05, 0) is 61.7 Å². The van der Waals surface area contributed by atoms with Crippen LogP contribution in [-0.4, -0.2) is 58.6 Å². The highest BCUT2D eigenvalue weighted by Gasteiger charge is 2.24. The fourth-order valence-electron chi connectivity index (χ4n) is 4.82. The predicted molar refractivity (Wildman–Crippen MR) is 159 cm³/mol. The molecule has 11 heteroatoms. The second-order valence-corrected chi connectivity index (χ2v) is 10.3. The molecule has 1 aliphatic heterocycles. The Balaban J connectivity index is 0.000000201. The van der Waals surface area contributed by atoms with Crippen LogP contribution < -0.4 is 16.6 Å². The van der Waals surface area contributed by atoms with Gasteiger partial charge >= 0.3 is 6.03 Å². The molecular weight excluding hydrogens is 547 g/mol. The van der Waals surface area contributed by atoms with Gasteiger partial charge in [0, 0.05) is 50.6 Å². The summed E-state index contributed by atoms with van der Waals surface area (Å²) in [5.41, 5.74) is 9.32. The number of ether oxygens (including phenoxy) is 1. The number of primary amides is 1. The van der Waals surface area contributed by atoms with Crippen LogP contribution in [0, 0.1) is 12.7 Å². The van der Waals surface area contributed by atoms with E-state index in [1.807, 2.05) is 43.3 Å². The van der Waals surface area contributed by atoms with Crippen LogP contribution in [0.15, 0.2) is 71.7 Å². The average Bonchev–Trinajstić information content (AvgIpc) is 3.56. The Morgan fingerprint density at radius 3 is 2.61 bits per heavy atom. The minimum atomic E-state index is -0.665. The van der Waals surface area contributed by atoms with Crippen molar-refractivity contribution >= 4 is 23.4 Å². The van der Waals surface area contributed by atoms with Crippen molar-refractivity contribution in [2.75, 3.05) is 38.7 Å². The number of likely N-dealkylation sites (tertiary alicyclic amines) is 1. The summed E-state index contributed by atoms with van der Waals surface area (Å²) >= 11 is 5.80. The zero-order chi connectivity index (χ0) is 29.5. The maximum atomic E-state index is 13.1. The number of nitrogens with zero attached hydrogens (tertiary/aromatic N) is 4. The number of anilines is 1. The number of carbonyl (C=O) groups is 1. The van der Waals surface area contributed by atoms with Crippen molar-refractivity contribution in [3.63, 3.8) is 0 Å². The molecule has 0 bridgehead atoms. The molecule has 1 fully saturated rings. The normalized spacial score (nSPS) is 14.9. The first-order valence-electron chi connectivity index (χ1n) is 13.2. The largest absolute Gasteiger partial charge is 0.383 e. The second-order valence-electron chi connectivity index (χ2n) is 9.88. The van der Waals surface area contributed by atoms with Crippen molar-refractivity contribution in [3.05, 3.63) is 99.2 Å². The number of benzene rings is 2. The lowest BCUT2D eigenvalue weighted by molar-refractivity contribution is 0.160. The minimum absolute atomic E-state index is 0.102. The SMILES string of the molecule is COCCN1CCC(c2ccc(F)c(Cl)c2)C1.Cc1c(-c2ccc(=O)n(C)c2)nn(-c2ccccc2)c1NC(N)=O. The Morgan fingerprint density at radius 2 is 1.95 bits per heavy atom. The molecule has 3 heterocycles. The topological polar surface area (TPSA) is 107 Å². The third-order valence-electron chi connectivity index (χ3n) is 7.02. The van der Waals surface area contributed by atoms with Gasteiger partial charge < -0.3 is 19.9 Å². The first-order valence-corrected chi connectivity index (χ1v) is 13.6. The third kappa shape index (κ3) is 7.40. The molecule has 1 unspecified atom stereocenters. The van der Waals surface area contributed by atoms with Crippen LogP contribution in [0.2, 0.25) is 5.02 Å². The van der Waals surface area contributed by atoms with E-state index in [0.29, 0.717) is 17.4 Å². The number of hydrogen-bond donors (Lipinski definition) is 2. The fourth-order valence-corrected chi connectivity index (χ4v) is 5.01. The Kier molecular flexibility index (Phi) is 9.93. The number of para-hydroxylation sites is 1. The van der Waals surface area contributed by atoms with E-state index in [1.54, 1.807) is 37.2 Å². The first kappa shape index (κ1) is 30.0. The molecule has 2 amide bonds. The number of amides is 2. The Labute approximate surface area is 243 Å². The van der Waals surface area contributed by atoms with Crippen molar-refractivity contribution in [1.82, 2.24) is 19.2 Å². The summed E-state index contributed by atoms with van der Waals surface area (Å²) in [6.45, 7) is 5.64. The molecule has 41 heavy (non-hydrogen) atoms. The lowest BCUT2D eigenvalue weighted by atomic mass is 9.98. The number of rotatable bonds is 7. The van der Waals surface area contributed by atoms with Gasteiger partial charge in [-0.25, -0.2) is 13.9 Å². The van der Waals surface area contributed by atoms with Crippen LogP contribution in [-0.2, 0) is 11.8 Å². The van der Waals surface area contributed by atoms with Gasteiger partial charge in [0.25, 0.3) is 0 Å². The van der Waals surface area contributed by atoms with Crippen LogP contribution in [0.25, 0.3) is 16.9 Å². The summed E-state index contributed by atoms with van der Waals surface area (Å²) in [6, 6.07) is 17.0. The predicted octanol–water partition coefficient (Wildman–Crippen LogP) is 4.95. The number of pyridine rings is 1. The van der Waals surface area contributed by atoms with Gasteiger partial charge in [0.15, 0.2) is 0 Å². The molecule has 216 valence electrons. The van der Waals surface area contributed by atoms with E-state index in [2.05, 4.69) is 15.3 Å². The number of aromatic nitrogens is 3. The summed E-state index contributed by atoms with van der Waals surface area (Å²) < 4.78 is 21.2. The molecule has 3 N–H and O–H groups in total. The first-order chi connectivity index (χ1) is 19.7. The molecule has 5 rings (SSSR count). The standard InChI is InChI=1S/C17H17N5O2.C13H17ClFNO/c1-11-15(12-8-9-14(23)21(2)10-12)20-22(16(11)19-17(18)24)13-6-4-3-5-7-13;1-17-7-6-16-5-4-11(9-16)10-2-3-13(15)12(14)8-10/h3-10H,1-2H3,(H3,18,19,24);2-3,8,11H,4-7,9H2,1H3. The maximum Gasteiger partial charge on any atom is 0.317 e. The average molecular weight is 581 g/mol. The van der Waals surface area contributed by atoms with Crippen molar-refractivity contribution in [2.45, 2.75) is 19.3 Å². The summed E-state index contributed by atoms with van der Waals surface area (Å²) in [5.74, 6) is 0.618. The van der Waals surface area contributed by atoms with E-state index < -0.39 is 6.03 Å². The molecule has 0 saturated carbocycles. The maximum absolute atomic E-state index is 13.1. The number of hydrogen-bond acceptors (Lipinski definition) is 5. The Morgan fingerprint density at radius 1 is 1.20 bits per heavy atom. The van der Waals surface area contributed by atoms with E-state index in [0.717, 1.165) is 55.0 Å². The molecule has 4 aromatic rings. The molecular formula is C30H34ClFN6O3. The summed E-state index contributed by atoms with van der Waals surface area (Å²) in [4.78, 5) is 25.3. The van der Waals surface area contributed by atoms with Gasteiger partial charge in [0.05, 0.1) is 23.0 Å². The number of methoxy groups -OCH3 is 1.